The van der Waals surface area contributed by atoms with Crippen molar-refractivity contribution in [3.63, 3.8) is 0 Å². The molecule has 67 heavy (non-hydrogen) atoms. The summed E-state index contributed by atoms with van der Waals surface area (Å²) in [6, 6.07) is 65.6. The summed E-state index contributed by atoms with van der Waals surface area (Å²) in [5.41, 5.74) is 21.7. The van der Waals surface area contributed by atoms with Gasteiger partial charge in [-0.15, -0.1) is 0 Å². The van der Waals surface area contributed by atoms with Crippen LogP contribution in [0.2, 0.25) is 0 Å². The first-order chi connectivity index (χ1) is 32.3. The first-order valence-electron chi connectivity index (χ1n) is 23.2. The van der Waals surface area contributed by atoms with Gasteiger partial charge in [-0.25, -0.2) is 0 Å². The van der Waals surface area contributed by atoms with Gasteiger partial charge in [-0.1, -0.05) is 179 Å². The fraction of sp³-hybridized carbons (Fsp3) is 0.143. The molecule has 0 bridgehead atoms. The fourth-order valence-electron chi connectivity index (χ4n) is 12.7. The smallest absolute Gasteiger partial charge is 0.310 e. The van der Waals surface area contributed by atoms with Gasteiger partial charge in [0.05, 0.1) is 16.7 Å². The number of hydrogen-bond acceptors (Lipinski definition) is 1. The molecule has 1 spiro atoms. The van der Waals surface area contributed by atoms with Crippen LogP contribution < -0.4 is 4.90 Å². The molecule has 1 unspecified atom stereocenters. The highest BCUT2D eigenvalue weighted by atomic mass is 19.4. The van der Waals surface area contributed by atoms with E-state index in [2.05, 4.69) is 197 Å². The lowest BCUT2D eigenvalue weighted by Gasteiger charge is -2.34. The van der Waals surface area contributed by atoms with Crippen molar-refractivity contribution < 1.29 is 13.2 Å². The molecular formula is C63H46F3N. The lowest BCUT2D eigenvalue weighted by atomic mass is 9.68. The number of nitrogens with zero attached hydrogens (tertiary/aromatic N) is 1. The van der Waals surface area contributed by atoms with Gasteiger partial charge in [-0.05, 0) is 144 Å². The number of benzene rings is 9. The Morgan fingerprint density at radius 1 is 0.358 bits per heavy atom. The van der Waals surface area contributed by atoms with Crippen LogP contribution in [0.5, 0.6) is 0 Å². The van der Waals surface area contributed by atoms with Crippen LogP contribution in [0.15, 0.2) is 188 Å². The van der Waals surface area contributed by atoms with Crippen LogP contribution >= 0.6 is 0 Å². The summed E-state index contributed by atoms with van der Waals surface area (Å²) in [6.45, 7) is 11.4. The minimum Gasteiger partial charge on any atom is -0.310 e. The Kier molecular flexibility index (Phi) is 8.08. The van der Waals surface area contributed by atoms with Crippen LogP contribution in [0.3, 0.4) is 0 Å². The molecule has 0 radical (unpaired) electrons. The summed E-state index contributed by atoms with van der Waals surface area (Å²) in [5.74, 6) is 0. The van der Waals surface area contributed by atoms with Gasteiger partial charge < -0.3 is 4.90 Å². The Hall–Kier alpha value is -7.43. The van der Waals surface area contributed by atoms with Crippen LogP contribution in [0.1, 0.15) is 83.3 Å². The molecule has 1 nitrogen and oxygen atoms in total. The van der Waals surface area contributed by atoms with Crippen LogP contribution in [0, 0.1) is 6.92 Å². The Morgan fingerprint density at radius 2 is 0.776 bits per heavy atom. The van der Waals surface area contributed by atoms with E-state index in [0.29, 0.717) is 5.56 Å². The summed E-state index contributed by atoms with van der Waals surface area (Å²) in [6.07, 6.45) is -4.52. The zero-order valence-corrected chi connectivity index (χ0v) is 38.0. The molecule has 1 atom stereocenters. The van der Waals surface area contributed by atoms with E-state index < -0.39 is 17.2 Å². The van der Waals surface area contributed by atoms with Crippen molar-refractivity contribution >= 4 is 17.1 Å². The minimum absolute atomic E-state index is 0.232. The third kappa shape index (κ3) is 5.27. The zero-order valence-electron chi connectivity index (χ0n) is 38.0. The summed E-state index contributed by atoms with van der Waals surface area (Å²) >= 11 is 0. The van der Waals surface area contributed by atoms with Crippen molar-refractivity contribution in [1.82, 2.24) is 0 Å². The molecule has 324 valence electrons. The van der Waals surface area contributed by atoms with E-state index in [1.54, 1.807) is 6.07 Å². The second-order valence-corrected chi connectivity index (χ2v) is 20.0. The fourth-order valence-corrected chi connectivity index (χ4v) is 12.7. The number of rotatable bonds is 4. The van der Waals surface area contributed by atoms with E-state index in [4.69, 9.17) is 0 Å². The lowest BCUT2D eigenvalue weighted by Crippen LogP contribution is -2.27. The Morgan fingerprint density at radius 3 is 1.36 bits per heavy atom. The van der Waals surface area contributed by atoms with Crippen LogP contribution in [-0.2, 0) is 22.4 Å². The van der Waals surface area contributed by atoms with Gasteiger partial charge in [0, 0.05) is 27.8 Å². The van der Waals surface area contributed by atoms with Gasteiger partial charge in [-0.2, -0.15) is 13.2 Å². The third-order valence-corrected chi connectivity index (χ3v) is 15.8. The highest BCUT2D eigenvalue weighted by molar-refractivity contribution is 6.01. The predicted octanol–water partition coefficient (Wildman–Crippen LogP) is 17.1. The SMILES string of the molecule is Cc1ccc2c(c1)C1(c3cc(C(F)(F)F)ccc3-2)c2ccccc2-c2cccc(-c3ccccc3N(c3ccc4c(c3)C(C)(C)c3ccccc3-4)c3ccc4c(c3)C(C)(C)c3ccccc3-4)c21. The zero-order chi connectivity index (χ0) is 45.8. The van der Waals surface area contributed by atoms with Crippen LogP contribution in [0.25, 0.3) is 55.6 Å². The summed E-state index contributed by atoms with van der Waals surface area (Å²) in [5, 5.41) is 0. The highest BCUT2D eigenvalue weighted by Gasteiger charge is 2.54. The lowest BCUT2D eigenvalue weighted by molar-refractivity contribution is -0.137. The molecule has 4 aliphatic carbocycles. The molecule has 0 saturated carbocycles. The summed E-state index contributed by atoms with van der Waals surface area (Å²) < 4.78 is 44.8. The summed E-state index contributed by atoms with van der Waals surface area (Å²) in [4.78, 5) is 2.42. The maximum absolute atomic E-state index is 14.9. The first kappa shape index (κ1) is 39.9. The molecule has 0 aromatic heterocycles. The van der Waals surface area contributed by atoms with Gasteiger partial charge >= 0.3 is 6.18 Å². The predicted molar refractivity (Wildman–Crippen MR) is 268 cm³/mol. The highest BCUT2D eigenvalue weighted by Crippen LogP contribution is 2.66. The van der Waals surface area contributed by atoms with Gasteiger partial charge in [-0.3, -0.25) is 0 Å². The van der Waals surface area contributed by atoms with E-state index in [0.717, 1.165) is 72.7 Å². The number of fused-ring (bicyclic) bond motifs is 16. The molecular weight excluding hydrogens is 828 g/mol. The number of aryl methyl sites for hydroxylation is 1. The number of para-hydroxylation sites is 1. The maximum Gasteiger partial charge on any atom is 0.416 e. The van der Waals surface area contributed by atoms with Gasteiger partial charge in [0.1, 0.15) is 0 Å². The van der Waals surface area contributed by atoms with E-state index in [1.807, 2.05) is 12.1 Å². The average Bonchev–Trinajstić information content (AvgIpc) is 3.96. The molecule has 4 aliphatic rings. The monoisotopic (exact) mass is 873 g/mol. The van der Waals surface area contributed by atoms with Gasteiger partial charge in [0.2, 0.25) is 0 Å². The second kappa shape index (κ2) is 13.6. The Balaban J connectivity index is 1.10. The Bertz CT molecular complexity index is 3500. The molecule has 0 amide bonds. The average molecular weight is 874 g/mol. The molecule has 4 heteroatoms. The topological polar surface area (TPSA) is 3.24 Å². The molecule has 13 rings (SSSR count). The summed E-state index contributed by atoms with van der Waals surface area (Å²) in [7, 11) is 0. The third-order valence-electron chi connectivity index (χ3n) is 15.8. The number of alkyl halides is 3. The van der Waals surface area contributed by atoms with Crippen molar-refractivity contribution in [3.8, 4) is 55.6 Å². The van der Waals surface area contributed by atoms with E-state index in [9.17, 15) is 13.2 Å². The largest absolute Gasteiger partial charge is 0.416 e. The van der Waals surface area contributed by atoms with Gasteiger partial charge in [0.25, 0.3) is 0 Å². The number of hydrogen-bond donors (Lipinski definition) is 0. The van der Waals surface area contributed by atoms with E-state index in [1.165, 1.54) is 56.6 Å². The van der Waals surface area contributed by atoms with Crippen molar-refractivity contribution in [2.45, 2.75) is 57.0 Å². The quantitative estimate of drug-likeness (QED) is 0.170. The van der Waals surface area contributed by atoms with Crippen molar-refractivity contribution in [2.24, 2.45) is 0 Å². The first-order valence-corrected chi connectivity index (χ1v) is 23.2. The molecule has 0 N–H and O–H groups in total. The van der Waals surface area contributed by atoms with Crippen molar-refractivity contribution in [3.05, 3.63) is 244 Å². The molecule has 0 aliphatic heterocycles. The van der Waals surface area contributed by atoms with Crippen molar-refractivity contribution in [2.75, 3.05) is 4.90 Å². The minimum atomic E-state index is -4.52. The number of anilines is 3. The van der Waals surface area contributed by atoms with Crippen LogP contribution in [-0.4, -0.2) is 0 Å². The van der Waals surface area contributed by atoms with Gasteiger partial charge in [0.15, 0.2) is 0 Å². The maximum atomic E-state index is 14.9. The van der Waals surface area contributed by atoms with Crippen LogP contribution in [0.4, 0.5) is 30.2 Å². The van der Waals surface area contributed by atoms with E-state index in [-0.39, 0.29) is 10.8 Å². The molecule has 9 aromatic rings. The molecule has 0 saturated heterocycles. The second-order valence-electron chi connectivity index (χ2n) is 20.0. The van der Waals surface area contributed by atoms with E-state index >= 15 is 0 Å². The molecule has 0 fully saturated rings. The normalized spacial score (nSPS) is 17.0. The number of halogens is 3. The molecule has 0 heterocycles. The standard InChI is InChI=1S/C63H46F3N/c1-37-25-29-46-47-30-26-38(63(64,65)66)34-57(47)62(56(46)33-37)53-23-12-8-17-43(53)49-19-14-20-50(59(49)62)48-18-9-13-24-58(48)67(39-27-31-44-41-15-6-10-21-51(41)60(2,3)54(44)35-39)40-28-32-45-42-16-7-11-22-52(42)61(4,5)55(45)36-40/h6-36H,1-5H3. The molecule has 9 aromatic carbocycles. The Labute approximate surface area is 389 Å². The van der Waals surface area contributed by atoms with Crippen molar-refractivity contribution in [1.29, 1.82) is 0 Å².